The van der Waals surface area contributed by atoms with E-state index in [0.717, 1.165) is 32.4 Å². The Morgan fingerprint density at radius 3 is 2.63 bits per heavy atom. The summed E-state index contributed by atoms with van der Waals surface area (Å²) in [6.45, 7) is 4.90. The Kier molecular flexibility index (Phi) is 7.43. The monoisotopic (exact) mass is 271 g/mol. The second-order valence-electron chi connectivity index (χ2n) is 4.83. The number of rotatable bonds is 8. The largest absolute Gasteiger partial charge is 0.385 e. The molecule has 2 N–H and O–H groups in total. The summed E-state index contributed by atoms with van der Waals surface area (Å²) in [7, 11) is 1.63. The van der Waals surface area contributed by atoms with E-state index in [4.69, 9.17) is 4.74 Å². The van der Waals surface area contributed by atoms with E-state index < -0.39 is 0 Å². The summed E-state index contributed by atoms with van der Waals surface area (Å²) in [5.41, 5.74) is 0. The molecule has 0 saturated carbocycles. The van der Waals surface area contributed by atoms with Crippen LogP contribution < -0.4 is 10.6 Å². The van der Waals surface area contributed by atoms with Crippen molar-refractivity contribution in [3.63, 3.8) is 0 Å². The molecule has 1 unspecified atom stereocenters. The molecule has 1 rings (SSSR count). The number of likely N-dealkylation sites (tertiary alicyclic amines) is 1. The van der Waals surface area contributed by atoms with E-state index in [1.807, 2.05) is 4.90 Å². The highest BCUT2D eigenvalue weighted by Crippen LogP contribution is 2.08. The van der Waals surface area contributed by atoms with Gasteiger partial charge in [-0.3, -0.25) is 14.9 Å². The minimum atomic E-state index is -0.303. The molecule has 19 heavy (non-hydrogen) atoms. The van der Waals surface area contributed by atoms with E-state index in [1.54, 1.807) is 14.0 Å². The zero-order valence-electron chi connectivity index (χ0n) is 11.9. The third-order valence-corrected chi connectivity index (χ3v) is 3.20. The van der Waals surface area contributed by atoms with Crippen molar-refractivity contribution < 1.29 is 14.3 Å². The van der Waals surface area contributed by atoms with Crippen LogP contribution in [0.4, 0.5) is 0 Å². The van der Waals surface area contributed by atoms with Crippen molar-refractivity contribution in [3.05, 3.63) is 0 Å². The number of nitrogens with zero attached hydrogens (tertiary/aromatic N) is 1. The summed E-state index contributed by atoms with van der Waals surface area (Å²) < 4.78 is 4.89. The number of carbonyl (C=O) groups excluding carboxylic acids is 2. The van der Waals surface area contributed by atoms with Gasteiger partial charge in [-0.2, -0.15) is 0 Å². The maximum atomic E-state index is 12.0. The first kappa shape index (κ1) is 15.9. The SMILES string of the molecule is COCCCNC(=O)CNC(C)C(=O)N1CCCC1. The number of hydrogen-bond donors (Lipinski definition) is 2. The second-order valence-corrected chi connectivity index (χ2v) is 4.83. The second kappa shape index (κ2) is 8.87. The minimum Gasteiger partial charge on any atom is -0.385 e. The van der Waals surface area contributed by atoms with Gasteiger partial charge in [-0.15, -0.1) is 0 Å². The molecule has 1 fully saturated rings. The van der Waals surface area contributed by atoms with Gasteiger partial charge in [0, 0.05) is 33.4 Å². The van der Waals surface area contributed by atoms with Crippen LogP contribution in [-0.4, -0.2) is 62.7 Å². The van der Waals surface area contributed by atoms with Crippen molar-refractivity contribution in [2.45, 2.75) is 32.2 Å². The van der Waals surface area contributed by atoms with Gasteiger partial charge in [0.15, 0.2) is 0 Å². The molecule has 0 bridgehead atoms. The maximum absolute atomic E-state index is 12.0. The van der Waals surface area contributed by atoms with Gasteiger partial charge < -0.3 is 15.0 Å². The van der Waals surface area contributed by atoms with Crippen LogP contribution in [-0.2, 0) is 14.3 Å². The molecule has 1 saturated heterocycles. The molecule has 2 amide bonds. The van der Waals surface area contributed by atoms with Crippen LogP contribution in [0.2, 0.25) is 0 Å². The molecular formula is C13H25N3O3. The Balaban J connectivity index is 2.12. The van der Waals surface area contributed by atoms with Crippen LogP contribution in [0.25, 0.3) is 0 Å². The summed E-state index contributed by atoms with van der Waals surface area (Å²) in [4.78, 5) is 25.3. The first-order valence-electron chi connectivity index (χ1n) is 6.93. The van der Waals surface area contributed by atoms with E-state index >= 15 is 0 Å². The molecule has 1 aliphatic heterocycles. The van der Waals surface area contributed by atoms with Gasteiger partial charge in [0.25, 0.3) is 0 Å². The molecule has 1 aliphatic rings. The molecule has 6 heteroatoms. The van der Waals surface area contributed by atoms with E-state index in [0.29, 0.717) is 13.2 Å². The van der Waals surface area contributed by atoms with E-state index in [2.05, 4.69) is 10.6 Å². The van der Waals surface area contributed by atoms with Crippen LogP contribution in [0.3, 0.4) is 0 Å². The van der Waals surface area contributed by atoms with Gasteiger partial charge in [-0.25, -0.2) is 0 Å². The van der Waals surface area contributed by atoms with Crippen LogP contribution >= 0.6 is 0 Å². The van der Waals surface area contributed by atoms with Crippen LogP contribution in [0, 0.1) is 0 Å². The highest BCUT2D eigenvalue weighted by molar-refractivity contribution is 5.83. The van der Waals surface area contributed by atoms with E-state index in [-0.39, 0.29) is 24.4 Å². The van der Waals surface area contributed by atoms with Crippen LogP contribution in [0.5, 0.6) is 0 Å². The Morgan fingerprint density at radius 1 is 1.32 bits per heavy atom. The van der Waals surface area contributed by atoms with Crippen molar-refractivity contribution in [1.29, 1.82) is 0 Å². The van der Waals surface area contributed by atoms with Gasteiger partial charge in [0.1, 0.15) is 0 Å². The van der Waals surface area contributed by atoms with Gasteiger partial charge in [0.2, 0.25) is 11.8 Å². The van der Waals surface area contributed by atoms with Crippen molar-refractivity contribution in [2.75, 3.05) is 39.9 Å². The molecular weight excluding hydrogens is 246 g/mol. The minimum absolute atomic E-state index is 0.0859. The Bertz CT molecular complexity index is 291. The zero-order valence-corrected chi connectivity index (χ0v) is 11.9. The fraction of sp³-hybridized carbons (Fsp3) is 0.846. The summed E-state index contributed by atoms with van der Waals surface area (Å²) in [5, 5.41) is 5.74. The van der Waals surface area contributed by atoms with Crippen molar-refractivity contribution >= 4 is 11.8 Å². The Labute approximate surface area is 114 Å². The summed E-state index contributed by atoms with van der Waals surface area (Å²) in [5.74, 6) is 0.00172. The molecule has 6 nitrogen and oxygen atoms in total. The fourth-order valence-electron chi connectivity index (χ4n) is 2.05. The quantitative estimate of drug-likeness (QED) is 0.597. The predicted octanol–water partition coefficient (Wildman–Crippen LogP) is -0.260. The topological polar surface area (TPSA) is 70.7 Å². The first-order valence-corrected chi connectivity index (χ1v) is 6.93. The van der Waals surface area contributed by atoms with Crippen molar-refractivity contribution in [2.24, 2.45) is 0 Å². The lowest BCUT2D eigenvalue weighted by atomic mass is 10.3. The molecule has 0 aromatic carbocycles. The number of nitrogens with one attached hydrogen (secondary N) is 2. The molecule has 1 heterocycles. The number of methoxy groups -OCH3 is 1. The van der Waals surface area contributed by atoms with Crippen molar-refractivity contribution in [1.82, 2.24) is 15.5 Å². The molecule has 110 valence electrons. The number of carbonyl (C=O) groups is 2. The lowest BCUT2D eigenvalue weighted by molar-refractivity contribution is -0.132. The van der Waals surface area contributed by atoms with Gasteiger partial charge in [0.05, 0.1) is 12.6 Å². The van der Waals surface area contributed by atoms with Crippen molar-refractivity contribution in [3.8, 4) is 0 Å². The number of amides is 2. The van der Waals surface area contributed by atoms with Gasteiger partial charge >= 0.3 is 0 Å². The number of ether oxygens (including phenoxy) is 1. The molecule has 0 aromatic heterocycles. The summed E-state index contributed by atoms with van der Waals surface area (Å²) >= 11 is 0. The highest BCUT2D eigenvalue weighted by Gasteiger charge is 2.23. The standard InChI is InChI=1S/C13H25N3O3/c1-11(13(18)16-7-3-4-8-16)15-10-12(17)14-6-5-9-19-2/h11,15H,3-10H2,1-2H3,(H,14,17). The fourth-order valence-corrected chi connectivity index (χ4v) is 2.05. The van der Waals surface area contributed by atoms with Crippen LogP contribution in [0.1, 0.15) is 26.2 Å². The molecule has 0 spiro atoms. The first-order chi connectivity index (χ1) is 9.15. The molecule has 0 radical (unpaired) electrons. The molecule has 0 aliphatic carbocycles. The Morgan fingerprint density at radius 2 is 2.00 bits per heavy atom. The third kappa shape index (κ3) is 6.02. The lowest BCUT2D eigenvalue weighted by Gasteiger charge is -2.21. The maximum Gasteiger partial charge on any atom is 0.239 e. The third-order valence-electron chi connectivity index (χ3n) is 3.20. The van der Waals surface area contributed by atoms with Gasteiger partial charge in [-0.1, -0.05) is 0 Å². The zero-order chi connectivity index (χ0) is 14.1. The Hall–Kier alpha value is -1.14. The smallest absolute Gasteiger partial charge is 0.239 e. The highest BCUT2D eigenvalue weighted by atomic mass is 16.5. The average molecular weight is 271 g/mol. The predicted molar refractivity (Wildman–Crippen MR) is 72.8 cm³/mol. The number of hydrogen-bond acceptors (Lipinski definition) is 4. The molecule has 0 aromatic rings. The van der Waals surface area contributed by atoms with E-state index in [9.17, 15) is 9.59 Å². The van der Waals surface area contributed by atoms with Gasteiger partial charge in [-0.05, 0) is 26.2 Å². The lowest BCUT2D eigenvalue weighted by Crippen LogP contribution is -2.47. The molecule has 1 atom stereocenters. The van der Waals surface area contributed by atoms with E-state index in [1.165, 1.54) is 0 Å². The summed E-state index contributed by atoms with van der Waals surface area (Å²) in [6, 6.07) is -0.303. The summed E-state index contributed by atoms with van der Waals surface area (Å²) in [6.07, 6.45) is 2.96. The average Bonchev–Trinajstić information content (AvgIpc) is 2.94. The van der Waals surface area contributed by atoms with Crippen LogP contribution in [0.15, 0.2) is 0 Å². The normalized spacial score (nSPS) is 16.4.